The summed E-state index contributed by atoms with van der Waals surface area (Å²) in [6.45, 7) is 0.389. The summed E-state index contributed by atoms with van der Waals surface area (Å²) in [5.41, 5.74) is 1.49. The van der Waals surface area contributed by atoms with Crippen molar-refractivity contribution in [1.82, 2.24) is 0 Å². The van der Waals surface area contributed by atoms with E-state index in [0.717, 1.165) is 5.69 Å². The first kappa shape index (κ1) is 11.0. The summed E-state index contributed by atoms with van der Waals surface area (Å²) in [5, 5.41) is 8.13. The molecule has 0 radical (unpaired) electrons. The molecule has 0 aliphatic rings. The molecule has 2 aromatic carbocycles. The molecule has 0 fully saturated rings. The number of azo groups is 1. The van der Waals surface area contributed by atoms with Gasteiger partial charge in [0.05, 0.1) is 11.4 Å². The molecule has 0 heterocycles. The van der Waals surface area contributed by atoms with Crippen LogP contribution in [0.1, 0.15) is 0 Å². The molecule has 17 heavy (non-hydrogen) atoms. The Bertz CT molecular complexity index is 507. The number of carbonyl (C=O) groups is 1. The number of rotatable bonds is 4. The smallest absolute Gasteiger partial charge is 0.298 e. The van der Waals surface area contributed by atoms with Crippen molar-refractivity contribution in [3.05, 3.63) is 54.6 Å². The molecule has 84 valence electrons. The summed E-state index contributed by atoms with van der Waals surface area (Å²) in [7, 11) is 0. The topological polar surface area (TPSA) is 51.0 Å². The molecule has 2 rings (SSSR count). The zero-order valence-electron chi connectivity index (χ0n) is 8.98. The summed E-state index contributed by atoms with van der Waals surface area (Å²) in [4.78, 5) is 10.1. The van der Waals surface area contributed by atoms with E-state index in [0.29, 0.717) is 17.9 Å². The van der Waals surface area contributed by atoms with Crippen LogP contribution in [-0.4, -0.2) is 6.47 Å². The van der Waals surface area contributed by atoms with Crippen LogP contribution in [0.4, 0.5) is 11.4 Å². The third-order valence-electron chi connectivity index (χ3n) is 2.06. The zero-order chi connectivity index (χ0) is 11.9. The van der Waals surface area contributed by atoms with Crippen LogP contribution in [0.15, 0.2) is 64.8 Å². The molecule has 0 atom stereocenters. The van der Waals surface area contributed by atoms with Gasteiger partial charge >= 0.3 is 0 Å². The maximum absolute atomic E-state index is 10.1. The van der Waals surface area contributed by atoms with Gasteiger partial charge in [0, 0.05) is 0 Å². The molecule has 4 nitrogen and oxygen atoms in total. The maximum Gasteiger partial charge on any atom is 0.298 e. The summed E-state index contributed by atoms with van der Waals surface area (Å²) in [6, 6.07) is 16.2. The molecular formula is C13H10N2O2. The minimum Gasteiger partial charge on any atom is -0.429 e. The van der Waals surface area contributed by atoms with Gasteiger partial charge in [0.25, 0.3) is 6.47 Å². The third kappa shape index (κ3) is 3.24. The quantitative estimate of drug-likeness (QED) is 0.590. The highest BCUT2D eigenvalue weighted by molar-refractivity contribution is 5.48. The van der Waals surface area contributed by atoms with E-state index >= 15 is 0 Å². The Hall–Kier alpha value is -2.49. The van der Waals surface area contributed by atoms with Gasteiger partial charge in [0.2, 0.25) is 0 Å². The largest absolute Gasteiger partial charge is 0.429 e. The number of hydrogen-bond donors (Lipinski definition) is 0. The molecule has 0 N–H and O–H groups in total. The number of carbonyl (C=O) groups excluding carboxylic acids is 1. The molecule has 4 heteroatoms. The Balaban J connectivity index is 2.08. The minimum atomic E-state index is 0.389. The summed E-state index contributed by atoms with van der Waals surface area (Å²) in [5.74, 6) is 0.485. The van der Waals surface area contributed by atoms with E-state index in [9.17, 15) is 4.79 Å². The predicted molar refractivity (Wildman–Crippen MR) is 63.8 cm³/mol. The van der Waals surface area contributed by atoms with Gasteiger partial charge in [-0.2, -0.15) is 10.2 Å². The van der Waals surface area contributed by atoms with E-state index in [1.165, 1.54) is 0 Å². The fraction of sp³-hybridized carbons (Fsp3) is 0. The lowest BCUT2D eigenvalue weighted by Gasteiger charge is -1.96. The minimum absolute atomic E-state index is 0.389. The van der Waals surface area contributed by atoms with Gasteiger partial charge in [0.1, 0.15) is 5.75 Å². The highest BCUT2D eigenvalue weighted by atomic mass is 16.5. The normalized spacial score (nSPS) is 10.4. The Labute approximate surface area is 98.6 Å². The second-order valence-corrected chi connectivity index (χ2v) is 3.24. The van der Waals surface area contributed by atoms with E-state index in [1.807, 2.05) is 30.3 Å². The molecule has 0 aliphatic heterocycles. The van der Waals surface area contributed by atoms with Crippen LogP contribution in [0.3, 0.4) is 0 Å². The number of benzene rings is 2. The highest BCUT2D eigenvalue weighted by Gasteiger charge is 1.93. The van der Waals surface area contributed by atoms with Crippen LogP contribution in [0, 0.1) is 0 Å². The number of nitrogens with zero attached hydrogens (tertiary/aromatic N) is 2. The zero-order valence-corrected chi connectivity index (χ0v) is 8.98. The first-order chi connectivity index (χ1) is 8.38. The molecule has 0 aromatic heterocycles. The van der Waals surface area contributed by atoms with Gasteiger partial charge in [-0.1, -0.05) is 18.2 Å². The van der Waals surface area contributed by atoms with Crippen molar-refractivity contribution in [2.24, 2.45) is 10.2 Å². The average molecular weight is 226 g/mol. The molecule has 0 bridgehead atoms. The summed E-state index contributed by atoms with van der Waals surface area (Å²) < 4.78 is 4.67. The Morgan fingerprint density at radius 3 is 2.00 bits per heavy atom. The van der Waals surface area contributed by atoms with Crippen LogP contribution in [-0.2, 0) is 4.79 Å². The van der Waals surface area contributed by atoms with E-state index in [2.05, 4.69) is 15.0 Å². The lowest BCUT2D eigenvalue weighted by atomic mass is 10.3. The van der Waals surface area contributed by atoms with E-state index in [4.69, 9.17) is 0 Å². The van der Waals surface area contributed by atoms with E-state index < -0.39 is 0 Å². The summed E-state index contributed by atoms with van der Waals surface area (Å²) >= 11 is 0. The molecule has 0 aliphatic carbocycles. The van der Waals surface area contributed by atoms with Gasteiger partial charge < -0.3 is 4.74 Å². The molecule has 0 spiro atoms. The number of ether oxygens (including phenoxy) is 1. The molecule has 2 aromatic rings. The average Bonchev–Trinajstić information content (AvgIpc) is 2.40. The second kappa shape index (κ2) is 5.55. The van der Waals surface area contributed by atoms with Crippen LogP contribution in [0.25, 0.3) is 0 Å². The van der Waals surface area contributed by atoms with Crippen LogP contribution < -0.4 is 4.74 Å². The van der Waals surface area contributed by atoms with E-state index in [-0.39, 0.29) is 0 Å². The van der Waals surface area contributed by atoms with E-state index in [1.54, 1.807) is 24.3 Å². The van der Waals surface area contributed by atoms with Gasteiger partial charge in [-0.05, 0) is 36.4 Å². The maximum atomic E-state index is 10.1. The SMILES string of the molecule is O=COc1ccc(/N=N/c2ccccc2)cc1. The lowest BCUT2D eigenvalue weighted by Crippen LogP contribution is -1.86. The number of hydrogen-bond acceptors (Lipinski definition) is 4. The third-order valence-corrected chi connectivity index (χ3v) is 2.06. The summed E-state index contributed by atoms with van der Waals surface area (Å²) in [6.07, 6.45) is 0. The first-order valence-corrected chi connectivity index (χ1v) is 5.05. The van der Waals surface area contributed by atoms with Crippen molar-refractivity contribution in [2.45, 2.75) is 0 Å². The Morgan fingerprint density at radius 2 is 1.41 bits per heavy atom. The molecule has 0 saturated carbocycles. The van der Waals surface area contributed by atoms with Crippen molar-refractivity contribution < 1.29 is 9.53 Å². The van der Waals surface area contributed by atoms with Gasteiger partial charge in [-0.25, -0.2) is 0 Å². The van der Waals surface area contributed by atoms with Crippen LogP contribution in [0.5, 0.6) is 5.75 Å². The lowest BCUT2D eigenvalue weighted by molar-refractivity contribution is -0.120. The van der Waals surface area contributed by atoms with Crippen molar-refractivity contribution >= 4 is 17.8 Å². The van der Waals surface area contributed by atoms with Gasteiger partial charge in [-0.3, -0.25) is 4.79 Å². The highest BCUT2D eigenvalue weighted by Crippen LogP contribution is 2.20. The fourth-order valence-corrected chi connectivity index (χ4v) is 1.26. The molecule has 0 saturated heterocycles. The monoisotopic (exact) mass is 226 g/mol. The van der Waals surface area contributed by atoms with Crippen LogP contribution in [0.2, 0.25) is 0 Å². The van der Waals surface area contributed by atoms with Crippen molar-refractivity contribution in [2.75, 3.05) is 0 Å². The first-order valence-electron chi connectivity index (χ1n) is 5.05. The molecule has 0 unspecified atom stereocenters. The van der Waals surface area contributed by atoms with Crippen molar-refractivity contribution in [3.63, 3.8) is 0 Å². The predicted octanol–water partition coefficient (Wildman–Crippen LogP) is 3.64. The van der Waals surface area contributed by atoms with Gasteiger partial charge in [0.15, 0.2) is 0 Å². The van der Waals surface area contributed by atoms with Crippen molar-refractivity contribution in [1.29, 1.82) is 0 Å². The Kier molecular flexibility index (Phi) is 3.60. The van der Waals surface area contributed by atoms with Crippen LogP contribution >= 0.6 is 0 Å². The molecule has 0 amide bonds. The van der Waals surface area contributed by atoms with Gasteiger partial charge in [-0.15, -0.1) is 0 Å². The second-order valence-electron chi connectivity index (χ2n) is 3.24. The standard InChI is InChI=1S/C13H10N2O2/c16-10-17-13-8-6-12(7-9-13)15-14-11-4-2-1-3-5-11/h1-10H/b15-14+. The Morgan fingerprint density at radius 1 is 0.824 bits per heavy atom. The fourth-order valence-electron chi connectivity index (χ4n) is 1.26. The molecular weight excluding hydrogens is 216 g/mol. The van der Waals surface area contributed by atoms with Crippen molar-refractivity contribution in [3.8, 4) is 5.75 Å².